The number of hydrogen-bond donors (Lipinski definition) is 1. The van der Waals surface area contributed by atoms with Gasteiger partial charge in [-0.15, -0.1) is 0 Å². The van der Waals surface area contributed by atoms with E-state index in [1.165, 1.54) is 12.0 Å². The number of nitrogens with zero attached hydrogens (tertiary/aromatic N) is 3. The van der Waals surface area contributed by atoms with Crippen molar-refractivity contribution in [2.75, 3.05) is 0 Å². The van der Waals surface area contributed by atoms with E-state index in [1.54, 1.807) is 17.3 Å². The minimum absolute atomic E-state index is 0.164. The number of hydrogen-bond acceptors (Lipinski definition) is 3. The topological polar surface area (TPSA) is 56.7 Å². The third-order valence-corrected chi connectivity index (χ3v) is 3.35. The zero-order chi connectivity index (χ0) is 11.0. The lowest BCUT2D eigenvalue weighted by Crippen LogP contribution is -2.44. The van der Waals surface area contributed by atoms with Gasteiger partial charge in [0.1, 0.15) is 12.7 Å². The third-order valence-electron chi connectivity index (χ3n) is 3.35. The van der Waals surface area contributed by atoms with Crippen molar-refractivity contribution >= 4 is 0 Å². The second-order valence-electron chi connectivity index (χ2n) is 4.37. The van der Waals surface area contributed by atoms with E-state index < -0.39 is 0 Å². The normalized spacial score (nSPS) is 18.1. The van der Waals surface area contributed by atoms with Crippen LogP contribution in [0.25, 0.3) is 5.69 Å². The van der Waals surface area contributed by atoms with Crippen molar-refractivity contribution in [3.8, 4) is 5.69 Å². The highest BCUT2D eigenvalue weighted by Crippen LogP contribution is 2.40. The molecule has 0 amide bonds. The van der Waals surface area contributed by atoms with Gasteiger partial charge in [0.2, 0.25) is 0 Å². The molecule has 16 heavy (non-hydrogen) atoms. The molecule has 4 nitrogen and oxygen atoms in total. The van der Waals surface area contributed by atoms with E-state index in [4.69, 9.17) is 5.73 Å². The molecule has 1 saturated carbocycles. The molecule has 1 aliphatic rings. The second kappa shape index (κ2) is 3.42. The maximum Gasteiger partial charge on any atom is 0.138 e. The van der Waals surface area contributed by atoms with Crippen molar-refractivity contribution < 1.29 is 0 Å². The Morgan fingerprint density at radius 3 is 2.69 bits per heavy atom. The van der Waals surface area contributed by atoms with Crippen molar-refractivity contribution in [1.82, 2.24) is 14.8 Å². The van der Waals surface area contributed by atoms with Crippen molar-refractivity contribution in [2.24, 2.45) is 5.73 Å². The predicted octanol–water partition coefficient (Wildman–Crippen LogP) is 1.61. The van der Waals surface area contributed by atoms with Crippen LogP contribution in [-0.4, -0.2) is 14.8 Å². The highest BCUT2D eigenvalue weighted by atomic mass is 15.3. The summed E-state index contributed by atoms with van der Waals surface area (Å²) in [4.78, 5) is 3.98. The number of rotatable bonds is 2. The molecule has 0 atom stereocenters. The average molecular weight is 214 g/mol. The van der Waals surface area contributed by atoms with Crippen LogP contribution < -0.4 is 5.73 Å². The Kier molecular flexibility index (Phi) is 2.04. The van der Waals surface area contributed by atoms with Crippen LogP contribution in [0.4, 0.5) is 0 Å². The van der Waals surface area contributed by atoms with Crippen LogP contribution in [0, 0.1) is 0 Å². The molecule has 4 heteroatoms. The molecule has 1 heterocycles. The smallest absolute Gasteiger partial charge is 0.138 e. The zero-order valence-corrected chi connectivity index (χ0v) is 9.00. The minimum atomic E-state index is -0.164. The summed E-state index contributed by atoms with van der Waals surface area (Å²) in [6, 6.07) is 8.17. The van der Waals surface area contributed by atoms with Crippen LogP contribution in [0.15, 0.2) is 36.9 Å². The summed E-state index contributed by atoms with van der Waals surface area (Å²) in [5.41, 5.74) is 8.42. The maximum absolute atomic E-state index is 6.37. The van der Waals surface area contributed by atoms with E-state index in [0.29, 0.717) is 0 Å². The van der Waals surface area contributed by atoms with Crippen LogP contribution in [0.1, 0.15) is 24.8 Å². The molecule has 0 bridgehead atoms. The number of benzene rings is 1. The molecular weight excluding hydrogens is 200 g/mol. The van der Waals surface area contributed by atoms with Gasteiger partial charge in [-0.2, -0.15) is 5.10 Å². The van der Waals surface area contributed by atoms with Gasteiger partial charge in [-0.05, 0) is 30.9 Å². The summed E-state index contributed by atoms with van der Waals surface area (Å²) in [7, 11) is 0. The number of nitrogens with two attached hydrogens (primary N) is 1. The van der Waals surface area contributed by atoms with Crippen molar-refractivity contribution in [3.63, 3.8) is 0 Å². The van der Waals surface area contributed by atoms with Crippen LogP contribution in [0.5, 0.6) is 0 Å². The van der Waals surface area contributed by atoms with Gasteiger partial charge in [-0.25, -0.2) is 9.67 Å². The first-order valence-electron chi connectivity index (χ1n) is 5.53. The molecule has 1 fully saturated rings. The molecule has 1 aromatic carbocycles. The fraction of sp³-hybridized carbons (Fsp3) is 0.333. The van der Waals surface area contributed by atoms with Crippen LogP contribution in [0.2, 0.25) is 0 Å². The molecule has 0 aliphatic heterocycles. The fourth-order valence-corrected chi connectivity index (χ4v) is 2.25. The predicted molar refractivity (Wildman–Crippen MR) is 61.1 cm³/mol. The minimum Gasteiger partial charge on any atom is -0.321 e. The molecule has 0 saturated heterocycles. The van der Waals surface area contributed by atoms with Crippen LogP contribution in [-0.2, 0) is 5.54 Å². The summed E-state index contributed by atoms with van der Waals surface area (Å²) >= 11 is 0. The van der Waals surface area contributed by atoms with E-state index in [0.717, 1.165) is 18.5 Å². The largest absolute Gasteiger partial charge is 0.321 e. The molecule has 3 rings (SSSR count). The van der Waals surface area contributed by atoms with Gasteiger partial charge in [0, 0.05) is 5.54 Å². The third kappa shape index (κ3) is 1.34. The summed E-state index contributed by atoms with van der Waals surface area (Å²) < 4.78 is 1.78. The lowest BCUT2D eigenvalue weighted by Gasteiger charge is -2.39. The van der Waals surface area contributed by atoms with Crippen LogP contribution in [0.3, 0.4) is 0 Å². The number of aromatic nitrogens is 3. The van der Waals surface area contributed by atoms with E-state index in [-0.39, 0.29) is 5.54 Å². The molecule has 1 aliphatic carbocycles. The van der Waals surface area contributed by atoms with Crippen molar-refractivity contribution in [3.05, 3.63) is 42.5 Å². The molecule has 1 aromatic heterocycles. The van der Waals surface area contributed by atoms with Crippen molar-refractivity contribution in [1.29, 1.82) is 0 Å². The van der Waals surface area contributed by atoms with Crippen LogP contribution >= 0.6 is 0 Å². The molecule has 0 unspecified atom stereocenters. The first-order chi connectivity index (χ1) is 7.80. The highest BCUT2D eigenvalue weighted by Gasteiger charge is 2.36. The average Bonchev–Trinajstić information content (AvgIpc) is 2.79. The van der Waals surface area contributed by atoms with Gasteiger partial charge < -0.3 is 5.73 Å². The molecule has 0 spiro atoms. The van der Waals surface area contributed by atoms with Gasteiger partial charge in [0.15, 0.2) is 0 Å². The number of para-hydroxylation sites is 1. The Morgan fingerprint density at radius 2 is 2.06 bits per heavy atom. The monoisotopic (exact) mass is 214 g/mol. The first-order valence-corrected chi connectivity index (χ1v) is 5.53. The summed E-state index contributed by atoms with van der Waals surface area (Å²) in [5.74, 6) is 0. The highest BCUT2D eigenvalue weighted by molar-refractivity contribution is 5.45. The van der Waals surface area contributed by atoms with E-state index in [2.05, 4.69) is 16.1 Å². The molecule has 2 aromatic rings. The summed E-state index contributed by atoms with van der Waals surface area (Å²) in [6.45, 7) is 0. The van der Waals surface area contributed by atoms with E-state index >= 15 is 0 Å². The Bertz CT molecular complexity index is 485. The quantitative estimate of drug-likeness (QED) is 0.826. The van der Waals surface area contributed by atoms with Gasteiger partial charge >= 0.3 is 0 Å². The summed E-state index contributed by atoms with van der Waals surface area (Å²) in [5, 5.41) is 4.17. The van der Waals surface area contributed by atoms with Gasteiger partial charge in [-0.1, -0.05) is 18.2 Å². The second-order valence-corrected chi connectivity index (χ2v) is 4.37. The van der Waals surface area contributed by atoms with Gasteiger partial charge in [0.25, 0.3) is 0 Å². The Morgan fingerprint density at radius 1 is 1.25 bits per heavy atom. The molecule has 82 valence electrons. The first kappa shape index (κ1) is 9.54. The fourth-order valence-electron chi connectivity index (χ4n) is 2.25. The molecular formula is C12H14N4. The SMILES string of the molecule is NC1(c2ccccc2-n2cncn2)CCC1. The lowest BCUT2D eigenvalue weighted by molar-refractivity contribution is 0.253. The lowest BCUT2D eigenvalue weighted by atomic mass is 9.72. The maximum atomic E-state index is 6.37. The standard InChI is InChI=1S/C12H14N4/c13-12(6-3-7-12)10-4-1-2-5-11(10)16-9-14-8-15-16/h1-2,4-5,8-9H,3,6-7,13H2. The molecule has 2 N–H and O–H groups in total. The Hall–Kier alpha value is -1.68. The van der Waals surface area contributed by atoms with Gasteiger partial charge in [0.05, 0.1) is 5.69 Å². The van der Waals surface area contributed by atoms with E-state index in [1.807, 2.05) is 18.2 Å². The van der Waals surface area contributed by atoms with E-state index in [9.17, 15) is 0 Å². The molecule has 0 radical (unpaired) electrons. The van der Waals surface area contributed by atoms with Crippen molar-refractivity contribution in [2.45, 2.75) is 24.8 Å². The zero-order valence-electron chi connectivity index (χ0n) is 9.00. The Balaban J connectivity index is 2.12. The summed E-state index contributed by atoms with van der Waals surface area (Å²) in [6.07, 6.45) is 6.57. The van der Waals surface area contributed by atoms with Gasteiger partial charge in [-0.3, -0.25) is 0 Å². The Labute approximate surface area is 94.1 Å².